The molecule has 2 aliphatic rings. The van der Waals surface area contributed by atoms with Gasteiger partial charge in [-0.15, -0.1) is 11.8 Å². The molecule has 0 saturated carbocycles. The van der Waals surface area contributed by atoms with E-state index in [0.717, 1.165) is 11.3 Å². The molecule has 1 saturated heterocycles. The molecule has 124 valence electrons. The van der Waals surface area contributed by atoms with Gasteiger partial charge in [0.2, 0.25) is 11.8 Å². The summed E-state index contributed by atoms with van der Waals surface area (Å²) in [6, 6.07) is 5.46. The van der Waals surface area contributed by atoms with Crippen LogP contribution >= 0.6 is 11.8 Å². The molecular weight excluding hydrogens is 328 g/mol. The van der Waals surface area contributed by atoms with Crippen LogP contribution in [-0.4, -0.2) is 45.7 Å². The van der Waals surface area contributed by atoms with Crippen molar-refractivity contribution in [1.29, 1.82) is 0 Å². The minimum absolute atomic E-state index is 0.0369. The first-order valence-corrected chi connectivity index (χ1v) is 8.75. The Morgan fingerprint density at radius 1 is 1.46 bits per heavy atom. The number of carbonyl (C=O) groups excluding carboxylic acids is 2. The molecule has 1 atom stereocenters. The minimum Gasteiger partial charge on any atom is -0.339 e. The average molecular weight is 344 g/mol. The number of benzene rings is 1. The molecule has 0 unspecified atom stereocenters. The zero-order valence-electron chi connectivity index (χ0n) is 13.1. The smallest absolute Gasteiger partial charge is 0.253 e. The third-order valence-electron chi connectivity index (χ3n) is 4.23. The summed E-state index contributed by atoms with van der Waals surface area (Å²) in [7, 11) is 0. The lowest BCUT2D eigenvalue weighted by molar-refractivity contribution is -0.113. The third-order valence-corrected chi connectivity index (χ3v) is 5.30. The maximum Gasteiger partial charge on any atom is 0.253 e. The van der Waals surface area contributed by atoms with Gasteiger partial charge in [0, 0.05) is 23.5 Å². The normalized spacial score (nSPS) is 20.0. The summed E-state index contributed by atoms with van der Waals surface area (Å²) in [6.07, 6.45) is 0.810. The summed E-state index contributed by atoms with van der Waals surface area (Å²) in [4.78, 5) is 31.3. The van der Waals surface area contributed by atoms with Crippen LogP contribution in [-0.2, 0) is 4.79 Å². The molecular formula is C16H16N4O3S. The summed E-state index contributed by atoms with van der Waals surface area (Å²) >= 11 is 1.48. The number of amides is 2. The monoisotopic (exact) mass is 344 g/mol. The van der Waals surface area contributed by atoms with Crippen molar-refractivity contribution < 1.29 is 14.1 Å². The molecule has 4 rings (SSSR count). The highest BCUT2D eigenvalue weighted by Crippen LogP contribution is 2.33. The van der Waals surface area contributed by atoms with Crippen LogP contribution in [0.5, 0.6) is 0 Å². The van der Waals surface area contributed by atoms with E-state index in [2.05, 4.69) is 15.5 Å². The van der Waals surface area contributed by atoms with Crippen LogP contribution in [0.2, 0.25) is 0 Å². The van der Waals surface area contributed by atoms with Gasteiger partial charge in [-0.3, -0.25) is 9.59 Å². The lowest BCUT2D eigenvalue weighted by Gasteiger charge is -2.19. The fourth-order valence-corrected chi connectivity index (χ4v) is 3.81. The van der Waals surface area contributed by atoms with E-state index in [1.807, 2.05) is 12.1 Å². The van der Waals surface area contributed by atoms with Crippen LogP contribution in [0.15, 0.2) is 27.6 Å². The van der Waals surface area contributed by atoms with Crippen molar-refractivity contribution >= 4 is 29.3 Å². The predicted molar refractivity (Wildman–Crippen MR) is 88.1 cm³/mol. The molecule has 1 fully saturated rings. The Bertz CT molecular complexity index is 819. The van der Waals surface area contributed by atoms with Crippen molar-refractivity contribution in [2.75, 3.05) is 24.2 Å². The first-order valence-electron chi connectivity index (χ1n) is 7.76. The van der Waals surface area contributed by atoms with Crippen molar-refractivity contribution in [3.05, 3.63) is 35.5 Å². The average Bonchev–Trinajstić information content (AvgIpc) is 3.22. The number of aromatic nitrogens is 2. The highest BCUT2D eigenvalue weighted by Gasteiger charge is 2.31. The summed E-state index contributed by atoms with van der Waals surface area (Å²) in [5, 5.41) is 6.63. The molecule has 2 aliphatic heterocycles. The summed E-state index contributed by atoms with van der Waals surface area (Å²) in [6.45, 7) is 3.01. The van der Waals surface area contributed by atoms with Gasteiger partial charge in [0.25, 0.3) is 5.91 Å². The van der Waals surface area contributed by atoms with Crippen molar-refractivity contribution in [1.82, 2.24) is 15.0 Å². The Balaban J connectivity index is 1.50. The molecule has 7 nitrogen and oxygen atoms in total. The molecule has 0 radical (unpaired) electrons. The molecule has 2 amide bonds. The van der Waals surface area contributed by atoms with Gasteiger partial charge < -0.3 is 14.7 Å². The molecule has 1 aromatic heterocycles. The van der Waals surface area contributed by atoms with Gasteiger partial charge in [-0.2, -0.15) is 4.98 Å². The zero-order chi connectivity index (χ0) is 16.7. The summed E-state index contributed by atoms with van der Waals surface area (Å²) in [5.41, 5.74) is 1.30. The van der Waals surface area contributed by atoms with E-state index in [1.165, 1.54) is 11.8 Å². The molecule has 3 heterocycles. The van der Waals surface area contributed by atoms with Gasteiger partial charge in [-0.25, -0.2) is 0 Å². The molecule has 2 aromatic rings. The number of hydrogen-bond donors (Lipinski definition) is 1. The Kier molecular flexibility index (Phi) is 3.76. The Morgan fingerprint density at radius 2 is 2.33 bits per heavy atom. The second-order valence-corrected chi connectivity index (χ2v) is 6.98. The molecule has 0 spiro atoms. The number of carbonyl (C=O) groups is 2. The highest BCUT2D eigenvalue weighted by atomic mass is 32.2. The number of thioether (sulfide) groups is 1. The van der Waals surface area contributed by atoms with Crippen molar-refractivity contribution in [2.45, 2.75) is 24.2 Å². The number of nitrogens with one attached hydrogen (secondary N) is 1. The molecule has 8 heteroatoms. The van der Waals surface area contributed by atoms with Crippen LogP contribution < -0.4 is 5.32 Å². The van der Waals surface area contributed by atoms with Crippen molar-refractivity contribution in [3.63, 3.8) is 0 Å². The van der Waals surface area contributed by atoms with Crippen LogP contribution in [0.1, 0.15) is 34.4 Å². The van der Waals surface area contributed by atoms with Crippen LogP contribution in [0.4, 0.5) is 5.69 Å². The van der Waals surface area contributed by atoms with E-state index >= 15 is 0 Å². The van der Waals surface area contributed by atoms with Crippen LogP contribution in [0.3, 0.4) is 0 Å². The first-order chi connectivity index (χ1) is 11.6. The lowest BCUT2D eigenvalue weighted by Crippen LogP contribution is -2.29. The van der Waals surface area contributed by atoms with Crippen molar-refractivity contribution in [2.24, 2.45) is 0 Å². The van der Waals surface area contributed by atoms with Gasteiger partial charge in [-0.1, -0.05) is 5.16 Å². The van der Waals surface area contributed by atoms with Gasteiger partial charge in [-0.05, 0) is 31.5 Å². The lowest BCUT2D eigenvalue weighted by atomic mass is 10.1. The number of aryl methyl sites for hydroxylation is 1. The third kappa shape index (κ3) is 2.77. The largest absolute Gasteiger partial charge is 0.339 e. The highest BCUT2D eigenvalue weighted by molar-refractivity contribution is 8.00. The fourth-order valence-electron chi connectivity index (χ4n) is 3.02. The number of hydrogen-bond acceptors (Lipinski definition) is 6. The van der Waals surface area contributed by atoms with Crippen LogP contribution in [0.25, 0.3) is 0 Å². The van der Waals surface area contributed by atoms with Gasteiger partial charge >= 0.3 is 0 Å². The van der Waals surface area contributed by atoms with E-state index in [4.69, 9.17) is 4.52 Å². The Labute approximate surface area is 142 Å². The van der Waals surface area contributed by atoms with Crippen LogP contribution in [0, 0.1) is 6.92 Å². The second kappa shape index (κ2) is 5.94. The molecule has 1 N–H and O–H groups in total. The Morgan fingerprint density at radius 3 is 3.12 bits per heavy atom. The topological polar surface area (TPSA) is 88.3 Å². The maximum absolute atomic E-state index is 12.7. The molecule has 24 heavy (non-hydrogen) atoms. The number of nitrogens with zero attached hydrogens (tertiary/aromatic N) is 3. The van der Waals surface area contributed by atoms with E-state index < -0.39 is 0 Å². The standard InChI is InChI=1S/C16H16N4O3S/c1-9-17-15(23-19-9)11-4-5-20(7-11)16(22)10-2-3-13-12(6-10)18-14(21)8-24-13/h2-3,6,11H,4-5,7-8H2,1H3,(H,18,21)/t11-/m0/s1. The van der Waals surface area contributed by atoms with Crippen molar-refractivity contribution in [3.8, 4) is 0 Å². The second-order valence-electron chi connectivity index (χ2n) is 5.96. The maximum atomic E-state index is 12.7. The van der Waals surface area contributed by atoms with E-state index in [1.54, 1.807) is 17.9 Å². The Hall–Kier alpha value is -2.35. The summed E-state index contributed by atoms with van der Waals surface area (Å²) in [5.74, 6) is 1.63. The SMILES string of the molecule is Cc1noc([C@H]2CCN(C(=O)c3ccc4c(c3)NC(=O)CS4)C2)n1. The van der Waals surface area contributed by atoms with Gasteiger partial charge in [0.15, 0.2) is 5.82 Å². The molecule has 0 bridgehead atoms. The minimum atomic E-state index is -0.0404. The number of rotatable bonds is 2. The molecule has 0 aliphatic carbocycles. The first kappa shape index (κ1) is 15.2. The number of anilines is 1. The number of likely N-dealkylation sites (tertiary alicyclic amines) is 1. The molecule has 1 aromatic carbocycles. The van der Waals surface area contributed by atoms with E-state index in [-0.39, 0.29) is 17.7 Å². The predicted octanol–water partition coefficient (Wildman–Crippen LogP) is 2.05. The van der Waals surface area contributed by atoms with E-state index in [9.17, 15) is 9.59 Å². The fraction of sp³-hybridized carbons (Fsp3) is 0.375. The zero-order valence-corrected chi connectivity index (χ0v) is 13.9. The van der Waals surface area contributed by atoms with E-state index in [0.29, 0.717) is 41.8 Å². The number of fused-ring (bicyclic) bond motifs is 1. The summed E-state index contributed by atoms with van der Waals surface area (Å²) < 4.78 is 5.22. The van der Waals surface area contributed by atoms with Gasteiger partial charge in [0.05, 0.1) is 17.4 Å². The van der Waals surface area contributed by atoms with Gasteiger partial charge in [0.1, 0.15) is 0 Å². The quantitative estimate of drug-likeness (QED) is 0.897.